The summed E-state index contributed by atoms with van der Waals surface area (Å²) in [5.74, 6) is -0.522. The predicted octanol–water partition coefficient (Wildman–Crippen LogP) is 0.739. The lowest BCUT2D eigenvalue weighted by molar-refractivity contribution is 0.518. The summed E-state index contributed by atoms with van der Waals surface area (Å²) in [4.78, 5) is 3.71. The smallest absolute Gasteiger partial charge is 0.181 e. The molecular weight excluding hydrogens is 145 g/mol. The number of rotatable bonds is 1. The molecule has 0 radical (unpaired) electrons. The Morgan fingerprint density at radius 2 is 2.36 bits per heavy atom. The topological polar surface area (TPSA) is 26.0 Å². The average Bonchev–Trinajstić information content (AvgIpc) is 2.33. The van der Waals surface area contributed by atoms with Crippen LogP contribution in [0.4, 0.5) is 4.39 Å². The van der Waals surface area contributed by atoms with Gasteiger partial charge in [0.25, 0.3) is 0 Å². The molecular formula is C8H8FNO. The molecule has 0 saturated carbocycles. The molecule has 0 fully saturated rings. The molecule has 0 aromatic carbocycles. The summed E-state index contributed by atoms with van der Waals surface area (Å²) in [6.07, 6.45) is 1.23. The van der Waals surface area contributed by atoms with Crippen LogP contribution in [-0.2, 0) is 0 Å². The Morgan fingerprint density at radius 1 is 1.73 bits per heavy atom. The van der Waals surface area contributed by atoms with E-state index in [1.165, 1.54) is 6.39 Å². The van der Waals surface area contributed by atoms with Crippen LogP contribution in [0.5, 0.6) is 0 Å². The van der Waals surface area contributed by atoms with E-state index in [-0.39, 0.29) is 0 Å². The largest absolute Gasteiger partial charge is 0.443 e. The van der Waals surface area contributed by atoms with E-state index in [1.54, 1.807) is 6.92 Å². The average molecular weight is 153 g/mol. The fourth-order valence-corrected chi connectivity index (χ4v) is 0.697. The molecule has 0 spiro atoms. The molecule has 0 bridgehead atoms. The van der Waals surface area contributed by atoms with Crippen LogP contribution in [0.25, 0.3) is 12.2 Å². The van der Waals surface area contributed by atoms with E-state index in [0.29, 0.717) is 16.3 Å². The Morgan fingerprint density at radius 3 is 2.73 bits per heavy atom. The van der Waals surface area contributed by atoms with Crippen molar-refractivity contribution in [3.05, 3.63) is 29.6 Å². The van der Waals surface area contributed by atoms with Crippen LogP contribution in [-0.4, -0.2) is 4.98 Å². The first kappa shape index (κ1) is 7.72. The van der Waals surface area contributed by atoms with Gasteiger partial charge in [0, 0.05) is 5.57 Å². The predicted molar refractivity (Wildman–Crippen MR) is 40.6 cm³/mol. The molecule has 3 heteroatoms. The molecule has 2 nitrogen and oxygen atoms in total. The molecule has 0 aliphatic heterocycles. The summed E-state index contributed by atoms with van der Waals surface area (Å²) in [5, 5.41) is 0.432. The third kappa shape index (κ3) is 1.37. The van der Waals surface area contributed by atoms with E-state index < -0.39 is 5.83 Å². The number of oxazole rings is 1. The molecule has 0 saturated heterocycles. The van der Waals surface area contributed by atoms with Gasteiger partial charge in [0.15, 0.2) is 11.8 Å². The van der Waals surface area contributed by atoms with Crippen molar-refractivity contribution in [2.24, 2.45) is 0 Å². The maximum Gasteiger partial charge on any atom is 0.181 e. The molecule has 58 valence electrons. The molecule has 0 atom stereocenters. The fraction of sp³-hybridized carbons (Fsp3) is 0.125. The van der Waals surface area contributed by atoms with E-state index in [0.717, 1.165) is 0 Å². The van der Waals surface area contributed by atoms with Crippen LogP contribution < -0.4 is 10.8 Å². The standard InChI is InChI=1S/C8H8FNO/c1-5(6(2)9)8-7(3)10-4-11-8/h4H,2-3H2,1H3/b8-5+. The molecule has 1 aromatic heterocycles. The molecule has 0 unspecified atom stereocenters. The molecule has 0 aliphatic rings. The summed E-state index contributed by atoms with van der Waals surface area (Å²) in [7, 11) is 0. The van der Waals surface area contributed by atoms with Crippen LogP contribution >= 0.6 is 0 Å². The van der Waals surface area contributed by atoms with Crippen LogP contribution in [0, 0.1) is 0 Å². The molecule has 1 aromatic rings. The Hall–Kier alpha value is -1.38. The van der Waals surface area contributed by atoms with Crippen molar-refractivity contribution in [3.63, 3.8) is 0 Å². The summed E-state index contributed by atoms with van der Waals surface area (Å²) in [6, 6.07) is 0. The minimum atomic E-state index is -0.522. The number of hydrogen-bond donors (Lipinski definition) is 0. The summed E-state index contributed by atoms with van der Waals surface area (Å²) >= 11 is 0. The summed E-state index contributed by atoms with van der Waals surface area (Å²) in [5.41, 5.74) is 0.699. The Balaban J connectivity index is 3.50. The van der Waals surface area contributed by atoms with Gasteiger partial charge in [-0.3, -0.25) is 0 Å². The third-order valence-electron chi connectivity index (χ3n) is 1.39. The summed E-state index contributed by atoms with van der Waals surface area (Å²) in [6.45, 7) is 8.25. The van der Waals surface area contributed by atoms with E-state index >= 15 is 0 Å². The van der Waals surface area contributed by atoms with Crippen LogP contribution in [0.2, 0.25) is 0 Å². The number of nitrogens with zero attached hydrogens (tertiary/aromatic N) is 1. The number of halogens is 1. The summed E-state index contributed by atoms with van der Waals surface area (Å²) < 4.78 is 17.4. The van der Waals surface area contributed by atoms with Crippen LogP contribution in [0.3, 0.4) is 0 Å². The first-order valence-corrected chi connectivity index (χ1v) is 3.07. The molecule has 0 amide bonds. The number of hydrogen-bond acceptors (Lipinski definition) is 2. The van der Waals surface area contributed by atoms with Gasteiger partial charge in [0.2, 0.25) is 0 Å². The monoisotopic (exact) mass is 153 g/mol. The van der Waals surface area contributed by atoms with E-state index in [4.69, 9.17) is 4.42 Å². The third-order valence-corrected chi connectivity index (χ3v) is 1.39. The first-order valence-electron chi connectivity index (χ1n) is 3.07. The maximum atomic E-state index is 12.5. The van der Waals surface area contributed by atoms with Gasteiger partial charge in [0.05, 0.1) is 0 Å². The highest BCUT2D eigenvalue weighted by Crippen LogP contribution is 2.04. The Labute approximate surface area is 63.4 Å². The van der Waals surface area contributed by atoms with Crippen molar-refractivity contribution in [1.29, 1.82) is 0 Å². The minimum absolute atomic E-state index is 0.340. The molecule has 0 aliphatic carbocycles. The fourth-order valence-electron chi connectivity index (χ4n) is 0.697. The van der Waals surface area contributed by atoms with E-state index in [2.05, 4.69) is 18.1 Å². The van der Waals surface area contributed by atoms with Gasteiger partial charge in [-0.1, -0.05) is 13.2 Å². The Bertz CT molecular complexity index is 377. The molecule has 1 heterocycles. The highest BCUT2D eigenvalue weighted by atomic mass is 19.1. The van der Waals surface area contributed by atoms with Crippen molar-refractivity contribution in [1.82, 2.24) is 4.98 Å². The van der Waals surface area contributed by atoms with Crippen molar-refractivity contribution in [2.75, 3.05) is 0 Å². The van der Waals surface area contributed by atoms with Gasteiger partial charge in [-0.15, -0.1) is 0 Å². The van der Waals surface area contributed by atoms with Gasteiger partial charge in [-0.05, 0) is 6.92 Å². The lowest BCUT2D eigenvalue weighted by atomic mass is 10.3. The normalized spacial score (nSPS) is 12.9. The van der Waals surface area contributed by atoms with Crippen molar-refractivity contribution >= 4 is 12.2 Å². The van der Waals surface area contributed by atoms with Gasteiger partial charge >= 0.3 is 0 Å². The highest BCUT2D eigenvalue weighted by molar-refractivity contribution is 5.55. The van der Waals surface area contributed by atoms with Gasteiger partial charge < -0.3 is 4.42 Å². The van der Waals surface area contributed by atoms with E-state index in [1.807, 2.05) is 0 Å². The van der Waals surface area contributed by atoms with Gasteiger partial charge in [-0.25, -0.2) is 9.37 Å². The van der Waals surface area contributed by atoms with Crippen molar-refractivity contribution in [2.45, 2.75) is 6.92 Å². The minimum Gasteiger partial charge on any atom is -0.443 e. The second kappa shape index (κ2) is 2.70. The zero-order valence-electron chi connectivity index (χ0n) is 6.22. The number of allylic oxidation sites excluding steroid dienone is 1. The molecule has 1 rings (SSSR count). The molecule has 11 heavy (non-hydrogen) atoms. The van der Waals surface area contributed by atoms with Crippen molar-refractivity contribution in [3.8, 4) is 0 Å². The number of aromatic nitrogens is 1. The lowest BCUT2D eigenvalue weighted by Crippen LogP contribution is -2.22. The first-order chi connectivity index (χ1) is 5.13. The van der Waals surface area contributed by atoms with Crippen LogP contribution in [0.15, 0.2) is 23.2 Å². The van der Waals surface area contributed by atoms with Crippen molar-refractivity contribution < 1.29 is 8.81 Å². The molecule has 0 N–H and O–H groups in total. The van der Waals surface area contributed by atoms with Gasteiger partial charge in [-0.2, -0.15) is 0 Å². The van der Waals surface area contributed by atoms with Crippen LogP contribution in [0.1, 0.15) is 6.92 Å². The second-order valence-electron chi connectivity index (χ2n) is 2.16. The van der Waals surface area contributed by atoms with Gasteiger partial charge in [0.1, 0.15) is 11.2 Å². The zero-order chi connectivity index (χ0) is 8.43. The van der Waals surface area contributed by atoms with E-state index in [9.17, 15) is 4.39 Å². The highest BCUT2D eigenvalue weighted by Gasteiger charge is 1.98. The quantitative estimate of drug-likeness (QED) is 0.594. The maximum absolute atomic E-state index is 12.5. The SMILES string of the molecule is C=C(F)/C(C)=c1/ocnc1=C. The Kier molecular flexibility index (Phi) is 1.89. The zero-order valence-corrected chi connectivity index (χ0v) is 6.22. The lowest BCUT2D eigenvalue weighted by Gasteiger charge is -1.88. The second-order valence-corrected chi connectivity index (χ2v) is 2.16.